The fourth-order valence-electron chi connectivity index (χ4n) is 2.36. The van der Waals surface area contributed by atoms with Crippen molar-refractivity contribution in [1.29, 1.82) is 0 Å². The average Bonchev–Trinajstić information content (AvgIpc) is 2.67. The third-order valence-electron chi connectivity index (χ3n) is 2.97. The maximum absolute atomic E-state index is 12.2. The minimum atomic E-state index is -1.99. The molecule has 2 radical (unpaired) electrons. The molecular weight excluding hydrogens is 245 g/mol. The van der Waals surface area contributed by atoms with Crippen LogP contribution in [0.2, 0.25) is 0 Å². The fourth-order valence-corrected chi connectivity index (χ4v) is 2.36. The van der Waals surface area contributed by atoms with Crippen molar-refractivity contribution in [2.45, 2.75) is 43.4 Å². The Labute approximate surface area is 105 Å². The molecule has 2 aliphatic rings. The highest BCUT2D eigenvalue weighted by Crippen LogP contribution is 2.46. The van der Waals surface area contributed by atoms with Crippen molar-refractivity contribution in [2.75, 3.05) is 6.61 Å². The Morgan fingerprint density at radius 1 is 1.50 bits per heavy atom. The van der Waals surface area contributed by atoms with Gasteiger partial charge in [0.15, 0.2) is 5.79 Å². The third kappa shape index (κ3) is 2.13. The van der Waals surface area contributed by atoms with Gasteiger partial charge in [-0.15, -0.1) is 0 Å². The van der Waals surface area contributed by atoms with Crippen molar-refractivity contribution in [2.24, 2.45) is 0 Å². The van der Waals surface area contributed by atoms with Crippen LogP contribution in [0.15, 0.2) is 17.9 Å². The van der Waals surface area contributed by atoms with Crippen LogP contribution in [-0.4, -0.2) is 49.2 Å². The largest absolute Gasteiger partial charge is 0.394 e. The Hall–Kier alpha value is -0.715. The smallest absolute Gasteiger partial charge is 0.312 e. The average molecular weight is 258 g/mol. The first-order chi connectivity index (χ1) is 8.31. The monoisotopic (exact) mass is 258 g/mol. The number of aliphatic hydroxyl groups is 1. The number of ether oxygens (including phenoxy) is 3. The second-order valence-electron chi connectivity index (χ2n) is 4.72. The molecule has 0 bridgehead atoms. The van der Waals surface area contributed by atoms with E-state index in [1.165, 1.54) is 0 Å². The minimum absolute atomic E-state index is 0.338. The summed E-state index contributed by atoms with van der Waals surface area (Å²) >= 11 is 0. The molecule has 0 aliphatic carbocycles. The molecule has 2 heterocycles. The van der Waals surface area contributed by atoms with Crippen LogP contribution in [0.1, 0.15) is 13.8 Å². The summed E-state index contributed by atoms with van der Waals surface area (Å²) in [5, 5.41) is 9.19. The van der Waals surface area contributed by atoms with E-state index in [0.29, 0.717) is 0 Å². The molecule has 0 amide bonds. The summed E-state index contributed by atoms with van der Waals surface area (Å²) in [6.45, 7) is 2.93. The van der Waals surface area contributed by atoms with E-state index in [0.717, 1.165) is 6.08 Å². The summed E-state index contributed by atoms with van der Waals surface area (Å²) in [4.78, 5) is 0. The van der Waals surface area contributed by atoms with Crippen molar-refractivity contribution >= 4 is 7.85 Å². The lowest BCUT2D eigenvalue weighted by Gasteiger charge is -2.27. The molecule has 4 atom stereocenters. The van der Waals surface area contributed by atoms with Crippen LogP contribution < -0.4 is 0 Å². The van der Waals surface area contributed by atoms with Gasteiger partial charge in [0, 0.05) is 0 Å². The van der Waals surface area contributed by atoms with E-state index in [1.807, 2.05) is 0 Å². The van der Waals surface area contributed by atoms with E-state index in [-0.39, 0.29) is 6.61 Å². The van der Waals surface area contributed by atoms with Crippen molar-refractivity contribution < 1.29 is 28.1 Å². The summed E-state index contributed by atoms with van der Waals surface area (Å²) in [5.41, 5.74) is 0.413. The molecule has 2 aliphatic heterocycles. The molecule has 2 rings (SSSR count). The Morgan fingerprint density at radius 3 is 2.72 bits per heavy atom. The first-order valence-electron chi connectivity index (χ1n) is 5.49. The van der Waals surface area contributed by atoms with Crippen LogP contribution in [-0.2, 0) is 14.2 Å². The number of hydrogen-bond acceptors (Lipinski definition) is 4. The lowest BCUT2D eigenvalue weighted by Crippen LogP contribution is -2.45. The third-order valence-corrected chi connectivity index (χ3v) is 2.97. The normalized spacial score (nSPS) is 41.3. The highest BCUT2D eigenvalue weighted by atomic mass is 19.3. The lowest BCUT2D eigenvalue weighted by molar-refractivity contribution is -0.191. The standard InChI is InChI=1S/C11H13BF2O4/c1-10(2)17-8-6(5-15)16-9(12)11(8,18-10)4-3-7(13)14/h4,6,8-9,15H,5H2,1-2H3/t6-,8?,9-,11-/m1/s1. The Kier molecular flexibility index (Phi) is 3.38. The molecule has 18 heavy (non-hydrogen) atoms. The maximum Gasteiger partial charge on any atom is 0.312 e. The summed E-state index contributed by atoms with van der Waals surface area (Å²) in [5.74, 6) is -0.996. The van der Waals surface area contributed by atoms with Crippen LogP contribution in [0.5, 0.6) is 0 Å². The van der Waals surface area contributed by atoms with Gasteiger partial charge >= 0.3 is 6.08 Å². The van der Waals surface area contributed by atoms with Crippen LogP contribution in [0, 0.1) is 0 Å². The van der Waals surface area contributed by atoms with E-state index < -0.39 is 35.7 Å². The van der Waals surface area contributed by atoms with Gasteiger partial charge in [0.05, 0.1) is 12.6 Å². The quantitative estimate of drug-likeness (QED) is 0.585. The summed E-state index contributed by atoms with van der Waals surface area (Å²) < 4.78 is 40.8. The van der Waals surface area contributed by atoms with Gasteiger partial charge in [0.25, 0.3) is 0 Å². The van der Waals surface area contributed by atoms with E-state index in [9.17, 15) is 13.9 Å². The molecule has 0 spiro atoms. The summed E-state index contributed by atoms with van der Waals surface area (Å²) in [6.07, 6.45) is -2.44. The molecule has 98 valence electrons. The SMILES string of the molecule is [B][C@@H]1O[C@H](CO)C2OC(C)(C)O[C@]21C=C=C(F)F. The number of hydrogen-bond donors (Lipinski definition) is 1. The van der Waals surface area contributed by atoms with Gasteiger partial charge in [-0.2, -0.15) is 8.78 Å². The lowest BCUT2D eigenvalue weighted by atomic mass is 9.80. The van der Waals surface area contributed by atoms with E-state index in [2.05, 4.69) is 0 Å². The molecule has 2 fully saturated rings. The van der Waals surface area contributed by atoms with E-state index in [1.54, 1.807) is 19.6 Å². The Morgan fingerprint density at radius 2 is 2.17 bits per heavy atom. The molecule has 0 aromatic heterocycles. The molecule has 2 saturated heterocycles. The summed E-state index contributed by atoms with van der Waals surface area (Å²) in [7, 11) is 5.76. The van der Waals surface area contributed by atoms with Gasteiger partial charge in [0.1, 0.15) is 25.7 Å². The van der Waals surface area contributed by atoms with Gasteiger partial charge in [-0.3, -0.25) is 0 Å². The summed E-state index contributed by atoms with van der Waals surface area (Å²) in [6, 6.07) is -1.01. The molecule has 7 heteroatoms. The van der Waals surface area contributed by atoms with Crippen molar-refractivity contribution in [1.82, 2.24) is 0 Å². The number of rotatable bonds is 2. The number of halogens is 2. The van der Waals surface area contributed by atoms with Crippen molar-refractivity contribution in [3.8, 4) is 0 Å². The second-order valence-corrected chi connectivity index (χ2v) is 4.72. The van der Waals surface area contributed by atoms with Crippen LogP contribution in [0.25, 0.3) is 0 Å². The molecular formula is C11H13BF2O4. The van der Waals surface area contributed by atoms with E-state index in [4.69, 9.17) is 22.1 Å². The van der Waals surface area contributed by atoms with Crippen molar-refractivity contribution in [3.05, 3.63) is 17.9 Å². The maximum atomic E-state index is 12.2. The first-order valence-corrected chi connectivity index (χ1v) is 5.49. The molecule has 1 unspecified atom stereocenters. The van der Waals surface area contributed by atoms with Crippen LogP contribution in [0.3, 0.4) is 0 Å². The van der Waals surface area contributed by atoms with Crippen LogP contribution in [0.4, 0.5) is 8.78 Å². The second kappa shape index (κ2) is 4.44. The highest BCUT2D eigenvalue weighted by molar-refractivity contribution is 6.12. The number of fused-ring (bicyclic) bond motifs is 1. The Balaban J connectivity index is 2.42. The predicted octanol–water partition coefficient (Wildman–Crippen LogP) is 0.698. The van der Waals surface area contributed by atoms with Crippen LogP contribution >= 0.6 is 0 Å². The van der Waals surface area contributed by atoms with Gasteiger partial charge in [-0.25, -0.2) is 0 Å². The first kappa shape index (κ1) is 13.7. The minimum Gasteiger partial charge on any atom is -0.394 e. The number of aliphatic hydroxyl groups excluding tert-OH is 1. The predicted molar refractivity (Wildman–Crippen MR) is 58.1 cm³/mol. The molecule has 0 aromatic carbocycles. The van der Waals surface area contributed by atoms with Gasteiger partial charge in [0.2, 0.25) is 0 Å². The molecule has 0 aromatic rings. The highest BCUT2D eigenvalue weighted by Gasteiger charge is 2.62. The van der Waals surface area contributed by atoms with Gasteiger partial charge in [-0.1, -0.05) is 5.73 Å². The fraction of sp³-hybridized carbons (Fsp3) is 0.727. The zero-order chi connectivity index (χ0) is 13.6. The van der Waals surface area contributed by atoms with Gasteiger partial charge < -0.3 is 19.3 Å². The molecule has 0 saturated carbocycles. The zero-order valence-corrected chi connectivity index (χ0v) is 10.0. The van der Waals surface area contributed by atoms with Gasteiger partial charge in [-0.05, 0) is 19.9 Å². The zero-order valence-electron chi connectivity index (χ0n) is 10.0. The molecule has 4 nitrogen and oxygen atoms in total. The topological polar surface area (TPSA) is 47.9 Å². The molecule has 1 N–H and O–H groups in total. The van der Waals surface area contributed by atoms with E-state index >= 15 is 0 Å². The van der Waals surface area contributed by atoms with Crippen molar-refractivity contribution in [3.63, 3.8) is 0 Å². The Bertz CT molecular complexity index is 404.